The summed E-state index contributed by atoms with van der Waals surface area (Å²) in [5, 5.41) is 13.1. The summed E-state index contributed by atoms with van der Waals surface area (Å²) in [6.07, 6.45) is 2.07. The number of nitrogens with one attached hydrogen (secondary N) is 1. The lowest BCUT2D eigenvalue weighted by Gasteiger charge is -2.38. The Hall–Kier alpha value is -1.22. The van der Waals surface area contributed by atoms with Gasteiger partial charge in [0.05, 0.1) is 0 Å². The van der Waals surface area contributed by atoms with Gasteiger partial charge in [-0.05, 0) is 32.9 Å². The molecule has 0 bridgehead atoms. The Morgan fingerprint density at radius 3 is 2.94 bits per heavy atom. The SMILES string of the molecule is CCCNC1CC(C)(C)Oc2cc(O)ccc21. The maximum absolute atomic E-state index is 9.52. The van der Waals surface area contributed by atoms with E-state index in [9.17, 15) is 5.11 Å². The molecule has 0 saturated carbocycles. The lowest BCUT2D eigenvalue weighted by molar-refractivity contribution is 0.0658. The van der Waals surface area contributed by atoms with Gasteiger partial charge < -0.3 is 15.2 Å². The van der Waals surface area contributed by atoms with E-state index < -0.39 is 0 Å². The fourth-order valence-electron chi connectivity index (χ4n) is 2.34. The van der Waals surface area contributed by atoms with Gasteiger partial charge >= 0.3 is 0 Å². The zero-order valence-corrected chi connectivity index (χ0v) is 10.8. The molecule has 1 heterocycles. The average molecular weight is 235 g/mol. The van der Waals surface area contributed by atoms with Gasteiger partial charge in [0.15, 0.2) is 0 Å². The second kappa shape index (κ2) is 4.57. The van der Waals surface area contributed by atoms with Gasteiger partial charge in [-0.1, -0.05) is 13.0 Å². The van der Waals surface area contributed by atoms with Crippen molar-refractivity contribution in [2.24, 2.45) is 0 Å². The van der Waals surface area contributed by atoms with Crippen LogP contribution in [0.1, 0.15) is 45.2 Å². The summed E-state index contributed by atoms with van der Waals surface area (Å²) in [5.74, 6) is 1.06. The zero-order chi connectivity index (χ0) is 12.5. The molecule has 2 rings (SSSR count). The van der Waals surface area contributed by atoms with Crippen LogP contribution in [-0.2, 0) is 0 Å². The quantitative estimate of drug-likeness (QED) is 0.846. The number of hydrogen-bond acceptors (Lipinski definition) is 3. The molecule has 0 saturated heterocycles. The van der Waals surface area contributed by atoms with E-state index in [1.54, 1.807) is 12.1 Å². The van der Waals surface area contributed by atoms with Crippen molar-refractivity contribution in [3.05, 3.63) is 23.8 Å². The summed E-state index contributed by atoms with van der Waals surface area (Å²) in [6, 6.07) is 5.69. The molecule has 0 amide bonds. The molecular weight excluding hydrogens is 214 g/mol. The molecule has 0 aromatic heterocycles. The van der Waals surface area contributed by atoms with Gasteiger partial charge in [-0.3, -0.25) is 0 Å². The van der Waals surface area contributed by atoms with Crippen LogP contribution in [-0.4, -0.2) is 17.3 Å². The summed E-state index contributed by atoms with van der Waals surface area (Å²) in [7, 11) is 0. The van der Waals surface area contributed by atoms with Gasteiger partial charge in [0.2, 0.25) is 0 Å². The molecule has 0 aliphatic carbocycles. The van der Waals surface area contributed by atoms with Crippen molar-refractivity contribution in [3.63, 3.8) is 0 Å². The van der Waals surface area contributed by atoms with Crippen molar-refractivity contribution in [3.8, 4) is 11.5 Å². The van der Waals surface area contributed by atoms with E-state index in [0.717, 1.165) is 30.7 Å². The molecule has 1 unspecified atom stereocenters. The van der Waals surface area contributed by atoms with Gasteiger partial charge in [0.1, 0.15) is 17.1 Å². The summed E-state index contributed by atoms with van der Waals surface area (Å²) >= 11 is 0. The molecule has 17 heavy (non-hydrogen) atoms. The van der Waals surface area contributed by atoms with Crippen LogP contribution in [0.15, 0.2) is 18.2 Å². The molecule has 1 aromatic carbocycles. The molecule has 0 radical (unpaired) electrons. The highest BCUT2D eigenvalue weighted by Gasteiger charge is 2.33. The number of phenols is 1. The number of rotatable bonds is 3. The van der Waals surface area contributed by atoms with Crippen LogP contribution in [0.2, 0.25) is 0 Å². The van der Waals surface area contributed by atoms with Crippen LogP contribution < -0.4 is 10.1 Å². The number of aromatic hydroxyl groups is 1. The van der Waals surface area contributed by atoms with Gasteiger partial charge in [-0.25, -0.2) is 0 Å². The standard InChI is InChI=1S/C14H21NO2/c1-4-7-15-12-9-14(2,3)17-13-8-10(16)5-6-11(12)13/h5-6,8,12,15-16H,4,7,9H2,1-3H3. The Balaban J connectivity index is 2.30. The number of ether oxygens (including phenoxy) is 1. The van der Waals surface area contributed by atoms with Gasteiger partial charge in [0, 0.05) is 24.1 Å². The predicted octanol–water partition coefficient (Wildman–Crippen LogP) is 2.99. The van der Waals surface area contributed by atoms with E-state index in [1.165, 1.54) is 0 Å². The van der Waals surface area contributed by atoms with Crippen molar-refractivity contribution in [2.75, 3.05) is 6.54 Å². The topological polar surface area (TPSA) is 41.5 Å². The van der Waals surface area contributed by atoms with Gasteiger partial charge in [-0.15, -0.1) is 0 Å². The zero-order valence-electron chi connectivity index (χ0n) is 10.8. The highest BCUT2D eigenvalue weighted by Crippen LogP contribution is 2.40. The van der Waals surface area contributed by atoms with E-state index in [4.69, 9.17) is 4.74 Å². The molecule has 94 valence electrons. The first-order chi connectivity index (χ1) is 8.02. The molecule has 3 heteroatoms. The van der Waals surface area contributed by atoms with Crippen molar-refractivity contribution in [1.29, 1.82) is 0 Å². The number of benzene rings is 1. The molecular formula is C14H21NO2. The van der Waals surface area contributed by atoms with Crippen LogP contribution >= 0.6 is 0 Å². The highest BCUT2D eigenvalue weighted by molar-refractivity contribution is 5.43. The molecule has 2 N–H and O–H groups in total. The van der Waals surface area contributed by atoms with Crippen LogP contribution in [0.5, 0.6) is 11.5 Å². The van der Waals surface area contributed by atoms with Crippen molar-refractivity contribution < 1.29 is 9.84 Å². The van der Waals surface area contributed by atoms with E-state index in [0.29, 0.717) is 6.04 Å². The van der Waals surface area contributed by atoms with Crippen molar-refractivity contribution >= 4 is 0 Å². The molecule has 1 aromatic rings. The molecule has 0 spiro atoms. The second-order valence-electron chi connectivity index (χ2n) is 5.29. The van der Waals surface area contributed by atoms with Crippen LogP contribution in [0.25, 0.3) is 0 Å². The van der Waals surface area contributed by atoms with Crippen LogP contribution in [0, 0.1) is 0 Å². The predicted molar refractivity (Wildman–Crippen MR) is 68.5 cm³/mol. The van der Waals surface area contributed by atoms with Crippen LogP contribution in [0.4, 0.5) is 0 Å². The van der Waals surface area contributed by atoms with E-state index in [-0.39, 0.29) is 11.4 Å². The smallest absolute Gasteiger partial charge is 0.128 e. The normalized spacial score (nSPS) is 21.7. The Labute approximate surface area is 103 Å². The molecule has 3 nitrogen and oxygen atoms in total. The average Bonchev–Trinajstić information content (AvgIpc) is 2.23. The largest absolute Gasteiger partial charge is 0.508 e. The Morgan fingerprint density at radius 2 is 2.24 bits per heavy atom. The minimum atomic E-state index is -0.188. The molecule has 1 atom stereocenters. The number of hydrogen-bond donors (Lipinski definition) is 2. The molecule has 1 aliphatic rings. The van der Waals surface area contributed by atoms with E-state index in [2.05, 4.69) is 26.1 Å². The van der Waals surface area contributed by atoms with E-state index in [1.807, 2.05) is 6.07 Å². The maximum Gasteiger partial charge on any atom is 0.128 e. The lowest BCUT2D eigenvalue weighted by atomic mass is 9.89. The molecule has 1 aliphatic heterocycles. The first-order valence-electron chi connectivity index (χ1n) is 6.27. The van der Waals surface area contributed by atoms with Crippen molar-refractivity contribution in [2.45, 2.75) is 45.3 Å². The first-order valence-corrected chi connectivity index (χ1v) is 6.27. The lowest BCUT2D eigenvalue weighted by Crippen LogP contribution is -2.39. The first kappa shape index (κ1) is 12.2. The fourth-order valence-corrected chi connectivity index (χ4v) is 2.34. The van der Waals surface area contributed by atoms with Crippen LogP contribution in [0.3, 0.4) is 0 Å². The summed E-state index contributed by atoms with van der Waals surface area (Å²) in [4.78, 5) is 0. The number of phenolic OH excluding ortho intramolecular Hbond substituents is 1. The van der Waals surface area contributed by atoms with Crippen molar-refractivity contribution in [1.82, 2.24) is 5.32 Å². The molecule has 0 fully saturated rings. The summed E-state index contributed by atoms with van der Waals surface area (Å²) in [6.45, 7) is 7.33. The minimum Gasteiger partial charge on any atom is -0.508 e. The third kappa shape index (κ3) is 2.72. The van der Waals surface area contributed by atoms with Gasteiger partial charge in [-0.2, -0.15) is 0 Å². The van der Waals surface area contributed by atoms with Gasteiger partial charge in [0.25, 0.3) is 0 Å². The minimum absolute atomic E-state index is 0.188. The monoisotopic (exact) mass is 235 g/mol. The third-order valence-corrected chi connectivity index (χ3v) is 3.10. The Morgan fingerprint density at radius 1 is 1.47 bits per heavy atom. The fraction of sp³-hybridized carbons (Fsp3) is 0.571. The van der Waals surface area contributed by atoms with E-state index >= 15 is 0 Å². The second-order valence-corrected chi connectivity index (χ2v) is 5.29. The third-order valence-electron chi connectivity index (χ3n) is 3.10. The number of fused-ring (bicyclic) bond motifs is 1. The highest BCUT2D eigenvalue weighted by atomic mass is 16.5. The maximum atomic E-state index is 9.52. The Kier molecular flexibility index (Phi) is 3.29. The Bertz CT molecular complexity index is 401. The summed E-state index contributed by atoms with van der Waals surface area (Å²) < 4.78 is 5.91. The summed E-state index contributed by atoms with van der Waals surface area (Å²) in [5.41, 5.74) is 0.960.